The van der Waals surface area contributed by atoms with Crippen molar-refractivity contribution in [2.75, 3.05) is 26.7 Å². The highest BCUT2D eigenvalue weighted by molar-refractivity contribution is 8.03. The number of nitrogens with two attached hydrogens (primary N) is 1. The first-order valence-corrected chi connectivity index (χ1v) is 16.9. The Hall–Kier alpha value is -4.09. The molecule has 4 N–H and O–H groups in total. The molecule has 2 amide bonds. The number of likely N-dealkylation sites (tertiary alicyclic amines) is 1. The van der Waals surface area contributed by atoms with E-state index >= 15 is 0 Å². The standard InChI is InChI=1S/C32H36N4O10S2/c1-18-25-24(19(2)37)28(38)36(25)26(31(41)45-16-43-29(39)20-9-5-3-6-10-20)27(18)47-23-13-22(14-34-48-33)35(15-23)32(42)46-17-44-30(40)21-11-7-4-8-12-21/h3-12,18-19,22-25,34,37H,13-17,33H2,1-2H3. The number of β-lactam (4-membered cyclic amide) rings is 1. The minimum Gasteiger partial charge on any atom is -0.424 e. The molecule has 14 nitrogen and oxygen atoms in total. The number of fused-ring (bicyclic) bond motifs is 1. The number of nitrogens with one attached hydrogen (secondary N) is 1. The second kappa shape index (κ2) is 15.9. The maximum Gasteiger partial charge on any atom is 0.412 e. The molecule has 16 heteroatoms. The number of carbonyl (C=O) groups excluding carboxylic acids is 5. The van der Waals surface area contributed by atoms with Gasteiger partial charge in [0.15, 0.2) is 0 Å². The topological polar surface area (TPSA) is 187 Å². The van der Waals surface area contributed by atoms with Crippen LogP contribution in [0.3, 0.4) is 0 Å². The van der Waals surface area contributed by atoms with E-state index in [-0.39, 0.29) is 35.0 Å². The lowest BCUT2D eigenvalue weighted by atomic mass is 9.79. The summed E-state index contributed by atoms with van der Waals surface area (Å²) in [6, 6.07) is 15.7. The summed E-state index contributed by atoms with van der Waals surface area (Å²) in [5.74, 6) is -3.61. The summed E-state index contributed by atoms with van der Waals surface area (Å²) in [5, 5.41) is 15.7. The Morgan fingerprint density at radius 1 is 0.938 bits per heavy atom. The van der Waals surface area contributed by atoms with Crippen molar-refractivity contribution in [1.82, 2.24) is 14.5 Å². The van der Waals surface area contributed by atoms with Crippen molar-refractivity contribution in [3.8, 4) is 0 Å². The fourth-order valence-corrected chi connectivity index (χ4v) is 7.95. The number of carbonyl (C=O) groups is 5. The first kappa shape index (κ1) is 35.2. The summed E-state index contributed by atoms with van der Waals surface area (Å²) in [6.45, 7) is 2.68. The van der Waals surface area contributed by atoms with Crippen molar-refractivity contribution in [2.45, 2.75) is 43.7 Å². The van der Waals surface area contributed by atoms with Crippen LogP contribution in [0.25, 0.3) is 0 Å². The van der Waals surface area contributed by atoms with Gasteiger partial charge in [0.05, 0.1) is 29.2 Å². The SMILES string of the molecule is CC(O)C1C(=O)N2C(C(=O)OCOC(=O)c3ccccc3)=C(SC3CC(CNSN)N(C(=O)OCOC(=O)c4ccccc4)C3)C(C)C12. The predicted molar refractivity (Wildman–Crippen MR) is 174 cm³/mol. The molecular formula is C32H36N4O10S2. The number of nitrogens with zero attached hydrogens (tertiary/aromatic N) is 2. The third-order valence-corrected chi connectivity index (χ3v) is 10.2. The summed E-state index contributed by atoms with van der Waals surface area (Å²) < 4.78 is 23.8. The van der Waals surface area contributed by atoms with E-state index in [9.17, 15) is 29.1 Å². The van der Waals surface area contributed by atoms with E-state index < -0.39 is 61.6 Å². The number of rotatable bonds is 13. The number of thioether (sulfide) groups is 1. The summed E-state index contributed by atoms with van der Waals surface area (Å²) >= 11 is 2.24. The van der Waals surface area contributed by atoms with Crippen LogP contribution >= 0.6 is 23.9 Å². The van der Waals surface area contributed by atoms with Crippen LogP contribution in [-0.4, -0.2) is 94.9 Å². The number of esters is 3. The van der Waals surface area contributed by atoms with Gasteiger partial charge in [-0.2, -0.15) is 0 Å². The van der Waals surface area contributed by atoms with Crippen LogP contribution in [0.5, 0.6) is 0 Å². The van der Waals surface area contributed by atoms with Gasteiger partial charge in [-0.05, 0) is 37.6 Å². The Morgan fingerprint density at radius 2 is 1.50 bits per heavy atom. The molecule has 3 aliphatic heterocycles. The van der Waals surface area contributed by atoms with Crippen LogP contribution in [0.15, 0.2) is 71.3 Å². The zero-order valence-corrected chi connectivity index (χ0v) is 27.8. The number of ether oxygens (including phenoxy) is 4. The van der Waals surface area contributed by atoms with Gasteiger partial charge in [0, 0.05) is 47.3 Å². The summed E-state index contributed by atoms with van der Waals surface area (Å²) in [6.07, 6.45) is -1.16. The van der Waals surface area contributed by atoms with Gasteiger partial charge in [0.1, 0.15) is 5.70 Å². The molecule has 2 aromatic carbocycles. The Labute approximate surface area is 285 Å². The van der Waals surface area contributed by atoms with Gasteiger partial charge in [-0.3, -0.25) is 9.93 Å². The molecule has 6 atom stereocenters. The minimum absolute atomic E-state index is 0.0243. The van der Waals surface area contributed by atoms with Crippen LogP contribution in [-0.2, 0) is 28.5 Å². The molecule has 0 saturated carbocycles. The monoisotopic (exact) mass is 700 g/mol. The molecule has 256 valence electrons. The van der Waals surface area contributed by atoms with E-state index in [0.29, 0.717) is 23.4 Å². The van der Waals surface area contributed by atoms with Gasteiger partial charge in [0.25, 0.3) is 0 Å². The van der Waals surface area contributed by atoms with Crippen molar-refractivity contribution < 1.29 is 48.0 Å². The number of aliphatic hydroxyl groups excluding tert-OH is 1. The normalized spacial score (nSPS) is 23.7. The highest BCUT2D eigenvalue weighted by Gasteiger charge is 2.60. The molecule has 2 fully saturated rings. The molecule has 5 rings (SSSR count). The molecule has 0 bridgehead atoms. The largest absolute Gasteiger partial charge is 0.424 e. The molecule has 3 aliphatic rings. The molecule has 2 aromatic rings. The first-order valence-electron chi connectivity index (χ1n) is 15.2. The van der Waals surface area contributed by atoms with Crippen molar-refractivity contribution in [2.24, 2.45) is 17.0 Å². The van der Waals surface area contributed by atoms with Crippen LogP contribution in [0, 0.1) is 11.8 Å². The van der Waals surface area contributed by atoms with E-state index in [2.05, 4.69) is 4.72 Å². The number of hydrogen-bond donors (Lipinski definition) is 3. The Bertz CT molecular complexity index is 1540. The van der Waals surface area contributed by atoms with Crippen molar-refractivity contribution >= 4 is 53.8 Å². The Kier molecular flexibility index (Phi) is 11.6. The number of aliphatic hydroxyl groups is 1. The fraction of sp³-hybridized carbons (Fsp3) is 0.406. The van der Waals surface area contributed by atoms with Crippen LogP contribution in [0.4, 0.5) is 4.79 Å². The van der Waals surface area contributed by atoms with E-state index in [0.717, 1.165) is 12.1 Å². The van der Waals surface area contributed by atoms with Crippen LogP contribution in [0.2, 0.25) is 0 Å². The molecule has 0 aliphatic carbocycles. The average Bonchev–Trinajstić information content (AvgIpc) is 3.60. The molecule has 48 heavy (non-hydrogen) atoms. The lowest BCUT2D eigenvalue weighted by molar-refractivity contribution is -0.166. The van der Waals surface area contributed by atoms with E-state index in [1.165, 1.54) is 28.5 Å². The second-order valence-corrected chi connectivity index (χ2v) is 13.3. The second-order valence-electron chi connectivity index (χ2n) is 11.4. The zero-order valence-electron chi connectivity index (χ0n) is 26.2. The smallest absolute Gasteiger partial charge is 0.412 e. The Morgan fingerprint density at radius 3 is 2.06 bits per heavy atom. The van der Waals surface area contributed by atoms with Gasteiger partial charge < -0.3 is 33.9 Å². The van der Waals surface area contributed by atoms with Crippen molar-refractivity contribution in [3.63, 3.8) is 0 Å². The summed E-state index contributed by atoms with van der Waals surface area (Å²) in [7, 11) is 0. The van der Waals surface area contributed by atoms with E-state index in [1.54, 1.807) is 60.7 Å². The third-order valence-electron chi connectivity index (χ3n) is 8.38. The molecule has 2 saturated heterocycles. The lowest BCUT2D eigenvalue weighted by Gasteiger charge is -2.46. The number of benzene rings is 2. The van der Waals surface area contributed by atoms with Crippen LogP contribution < -0.4 is 9.86 Å². The van der Waals surface area contributed by atoms with Gasteiger partial charge in [-0.1, -0.05) is 43.3 Å². The molecule has 0 spiro atoms. The minimum atomic E-state index is -0.938. The molecule has 0 aromatic heterocycles. The molecule has 3 heterocycles. The summed E-state index contributed by atoms with van der Waals surface area (Å²) in [5.41, 5.74) is 0.625. The van der Waals surface area contributed by atoms with Gasteiger partial charge in [0.2, 0.25) is 19.5 Å². The maximum atomic E-state index is 13.5. The number of amides is 2. The molecular weight excluding hydrogens is 665 g/mol. The highest BCUT2D eigenvalue weighted by atomic mass is 32.2. The third kappa shape index (κ3) is 7.63. The molecule has 0 radical (unpaired) electrons. The lowest BCUT2D eigenvalue weighted by Crippen LogP contribution is -2.63. The zero-order chi connectivity index (χ0) is 34.4. The number of hydrogen-bond acceptors (Lipinski definition) is 14. The first-order chi connectivity index (χ1) is 23.1. The van der Waals surface area contributed by atoms with E-state index in [4.69, 9.17) is 24.1 Å². The fourth-order valence-electron chi connectivity index (χ4n) is 6.11. The van der Waals surface area contributed by atoms with Crippen molar-refractivity contribution in [3.05, 3.63) is 82.4 Å². The predicted octanol–water partition coefficient (Wildman–Crippen LogP) is 2.65. The average molecular weight is 701 g/mol. The molecule has 6 unspecified atom stereocenters. The van der Waals surface area contributed by atoms with Gasteiger partial charge in [-0.25, -0.2) is 23.9 Å². The van der Waals surface area contributed by atoms with E-state index in [1.807, 2.05) is 6.92 Å². The quantitative estimate of drug-likeness (QED) is 0.120. The van der Waals surface area contributed by atoms with Gasteiger partial charge >= 0.3 is 24.0 Å². The van der Waals surface area contributed by atoms with Gasteiger partial charge in [-0.15, -0.1) is 11.8 Å². The maximum absolute atomic E-state index is 13.5. The summed E-state index contributed by atoms with van der Waals surface area (Å²) in [4.78, 5) is 67.8. The van der Waals surface area contributed by atoms with Crippen molar-refractivity contribution in [1.29, 1.82) is 0 Å². The van der Waals surface area contributed by atoms with Crippen LogP contribution in [0.1, 0.15) is 41.0 Å². The highest BCUT2D eigenvalue weighted by Crippen LogP contribution is 2.52. The Balaban J connectivity index is 1.27.